The summed E-state index contributed by atoms with van der Waals surface area (Å²) in [6.45, 7) is 0. The van der Waals surface area contributed by atoms with Gasteiger partial charge < -0.3 is 4.98 Å². The lowest BCUT2D eigenvalue weighted by atomic mass is 10.0. The summed E-state index contributed by atoms with van der Waals surface area (Å²) >= 11 is 0. The summed E-state index contributed by atoms with van der Waals surface area (Å²) in [5, 5.41) is 0.185. The molecule has 2 aromatic carbocycles. The summed E-state index contributed by atoms with van der Waals surface area (Å²) in [6, 6.07) is 7.45. The predicted octanol–water partition coefficient (Wildman–Crippen LogP) is 4.01. The molecule has 0 aliphatic rings. The smallest absolute Gasteiger partial charge is 0.169 e. The molecule has 2 nitrogen and oxygen atoms in total. The Hall–Kier alpha value is -2.56. The molecule has 0 aliphatic carbocycles. The van der Waals surface area contributed by atoms with E-state index in [1.807, 2.05) is 0 Å². The average Bonchev–Trinajstić information content (AvgIpc) is 2.87. The van der Waals surface area contributed by atoms with Crippen molar-refractivity contribution in [3.8, 4) is 0 Å². The first-order chi connectivity index (χ1) is 10.1. The summed E-state index contributed by atoms with van der Waals surface area (Å²) in [5.41, 5.74) is 0.733. The number of ketones is 1. The normalized spacial score (nSPS) is 11.0. The molecule has 1 N–H and O–H groups in total. The first-order valence-electron chi connectivity index (χ1n) is 6.29. The lowest BCUT2D eigenvalue weighted by Crippen LogP contribution is -2.05. The maximum absolute atomic E-state index is 13.8. The van der Waals surface area contributed by atoms with Crippen molar-refractivity contribution in [2.75, 3.05) is 0 Å². The van der Waals surface area contributed by atoms with E-state index in [4.69, 9.17) is 0 Å². The van der Waals surface area contributed by atoms with Crippen LogP contribution in [0.2, 0.25) is 0 Å². The van der Waals surface area contributed by atoms with Crippen molar-refractivity contribution in [1.29, 1.82) is 0 Å². The summed E-state index contributed by atoms with van der Waals surface area (Å²) < 4.78 is 40.2. The third-order valence-corrected chi connectivity index (χ3v) is 3.32. The Morgan fingerprint density at radius 3 is 2.62 bits per heavy atom. The monoisotopic (exact) mass is 289 g/mol. The van der Waals surface area contributed by atoms with E-state index in [2.05, 4.69) is 4.98 Å². The van der Waals surface area contributed by atoms with Crippen LogP contribution in [0, 0.1) is 17.5 Å². The lowest BCUT2D eigenvalue weighted by Gasteiger charge is -2.03. The number of Topliss-reactive ketones (excluding diaryl/α,β-unsaturated/α-hetero) is 1. The highest BCUT2D eigenvalue weighted by atomic mass is 19.1. The maximum Gasteiger partial charge on any atom is 0.169 e. The van der Waals surface area contributed by atoms with Gasteiger partial charge in [0.1, 0.15) is 17.5 Å². The third-order valence-electron chi connectivity index (χ3n) is 3.32. The number of nitrogens with one attached hydrogen (secondary N) is 1. The number of H-pyrrole nitrogens is 1. The number of aromatic nitrogens is 1. The molecule has 0 amide bonds. The molecule has 3 rings (SSSR count). The van der Waals surface area contributed by atoms with Gasteiger partial charge in [-0.25, -0.2) is 13.2 Å². The molecular formula is C16H10F3NO. The van der Waals surface area contributed by atoms with Crippen molar-refractivity contribution >= 4 is 16.7 Å². The number of hydrogen-bond acceptors (Lipinski definition) is 1. The van der Waals surface area contributed by atoms with Gasteiger partial charge in [-0.15, -0.1) is 0 Å². The second-order valence-corrected chi connectivity index (χ2v) is 4.70. The molecule has 0 unspecified atom stereocenters. The Balaban J connectivity index is 1.98. The van der Waals surface area contributed by atoms with Crippen molar-refractivity contribution in [1.82, 2.24) is 4.98 Å². The van der Waals surface area contributed by atoms with Crippen LogP contribution in [-0.2, 0) is 6.42 Å². The Morgan fingerprint density at radius 2 is 1.86 bits per heavy atom. The minimum Gasteiger partial charge on any atom is -0.360 e. The van der Waals surface area contributed by atoms with Crippen LogP contribution >= 0.6 is 0 Å². The molecule has 0 bridgehead atoms. The maximum atomic E-state index is 13.8. The van der Waals surface area contributed by atoms with Crippen LogP contribution in [0.3, 0.4) is 0 Å². The van der Waals surface area contributed by atoms with E-state index in [1.165, 1.54) is 24.4 Å². The molecule has 0 atom stereocenters. The Kier molecular flexibility index (Phi) is 3.25. The molecule has 0 saturated heterocycles. The summed E-state index contributed by atoms with van der Waals surface area (Å²) in [5.74, 6) is -2.45. The lowest BCUT2D eigenvalue weighted by molar-refractivity contribution is 0.0993. The van der Waals surface area contributed by atoms with Crippen molar-refractivity contribution in [2.24, 2.45) is 0 Å². The molecule has 0 fully saturated rings. The van der Waals surface area contributed by atoms with Crippen molar-refractivity contribution in [2.45, 2.75) is 6.42 Å². The van der Waals surface area contributed by atoms with Gasteiger partial charge in [0.2, 0.25) is 0 Å². The SMILES string of the molecule is O=C(Cc1ccc(F)cc1F)c1c[nH]c2cccc(F)c12. The van der Waals surface area contributed by atoms with Crippen molar-refractivity contribution < 1.29 is 18.0 Å². The first kappa shape index (κ1) is 13.4. The van der Waals surface area contributed by atoms with Gasteiger partial charge in [0.15, 0.2) is 5.78 Å². The Labute approximate surface area is 118 Å². The van der Waals surface area contributed by atoms with Crippen molar-refractivity contribution in [3.63, 3.8) is 0 Å². The molecule has 0 radical (unpaired) electrons. The van der Waals surface area contributed by atoms with Gasteiger partial charge in [-0.2, -0.15) is 0 Å². The fourth-order valence-corrected chi connectivity index (χ4v) is 2.29. The number of carbonyl (C=O) groups excluding carboxylic acids is 1. The number of hydrogen-bond donors (Lipinski definition) is 1. The molecule has 106 valence electrons. The van der Waals surface area contributed by atoms with Gasteiger partial charge in [0.25, 0.3) is 0 Å². The van der Waals surface area contributed by atoms with Crippen LogP contribution in [0.5, 0.6) is 0 Å². The first-order valence-corrected chi connectivity index (χ1v) is 6.29. The molecule has 5 heteroatoms. The summed E-state index contributed by atoms with van der Waals surface area (Å²) in [6.07, 6.45) is 1.14. The van der Waals surface area contributed by atoms with E-state index in [-0.39, 0.29) is 22.9 Å². The topological polar surface area (TPSA) is 32.9 Å². The minimum atomic E-state index is -0.788. The van der Waals surface area contributed by atoms with Gasteiger partial charge in [-0.05, 0) is 23.8 Å². The number of aromatic amines is 1. The van der Waals surface area contributed by atoms with Crippen LogP contribution < -0.4 is 0 Å². The average molecular weight is 289 g/mol. The predicted molar refractivity (Wildman–Crippen MR) is 72.6 cm³/mol. The van der Waals surface area contributed by atoms with Gasteiger partial charge in [-0.3, -0.25) is 4.79 Å². The van der Waals surface area contributed by atoms with E-state index in [1.54, 1.807) is 6.07 Å². The Morgan fingerprint density at radius 1 is 1.05 bits per heavy atom. The molecule has 21 heavy (non-hydrogen) atoms. The fourth-order valence-electron chi connectivity index (χ4n) is 2.29. The largest absolute Gasteiger partial charge is 0.360 e. The molecular weight excluding hydrogens is 279 g/mol. The number of benzene rings is 2. The molecule has 3 aromatic rings. The minimum absolute atomic E-state index is 0.0760. The van der Waals surface area contributed by atoms with Crippen molar-refractivity contribution in [3.05, 3.63) is 71.2 Å². The number of rotatable bonds is 3. The Bertz CT molecular complexity index is 839. The van der Waals surface area contributed by atoms with Gasteiger partial charge in [0, 0.05) is 35.2 Å². The quantitative estimate of drug-likeness (QED) is 0.726. The number of halogens is 3. The van der Waals surface area contributed by atoms with Crippen LogP contribution in [-0.4, -0.2) is 10.8 Å². The third kappa shape index (κ3) is 2.42. The highest BCUT2D eigenvalue weighted by Crippen LogP contribution is 2.23. The van der Waals surface area contributed by atoms with E-state index >= 15 is 0 Å². The van der Waals surface area contributed by atoms with Gasteiger partial charge in [-0.1, -0.05) is 12.1 Å². The standard InChI is InChI=1S/C16H10F3NO/c17-10-5-4-9(13(19)7-10)6-15(21)11-8-20-14-3-1-2-12(18)16(11)14/h1-5,7-8,20H,6H2. The summed E-state index contributed by atoms with van der Waals surface area (Å²) in [7, 11) is 0. The molecule has 0 aliphatic heterocycles. The second kappa shape index (κ2) is 5.09. The molecule has 0 saturated carbocycles. The second-order valence-electron chi connectivity index (χ2n) is 4.70. The number of carbonyl (C=O) groups is 1. The van der Waals surface area contributed by atoms with Crippen LogP contribution in [0.1, 0.15) is 15.9 Å². The van der Waals surface area contributed by atoms with Crippen LogP contribution in [0.15, 0.2) is 42.6 Å². The van der Waals surface area contributed by atoms with Gasteiger partial charge in [0.05, 0.1) is 0 Å². The molecule has 1 aromatic heterocycles. The zero-order valence-electron chi connectivity index (χ0n) is 10.8. The van der Waals surface area contributed by atoms with Crippen LogP contribution in [0.4, 0.5) is 13.2 Å². The van der Waals surface area contributed by atoms with E-state index in [0.29, 0.717) is 5.52 Å². The van der Waals surface area contributed by atoms with Gasteiger partial charge >= 0.3 is 0 Å². The fraction of sp³-hybridized carbons (Fsp3) is 0.0625. The number of fused-ring (bicyclic) bond motifs is 1. The van der Waals surface area contributed by atoms with Crippen LogP contribution in [0.25, 0.3) is 10.9 Å². The highest BCUT2D eigenvalue weighted by molar-refractivity contribution is 6.08. The summed E-state index contributed by atoms with van der Waals surface area (Å²) in [4.78, 5) is 15.0. The molecule has 0 spiro atoms. The highest BCUT2D eigenvalue weighted by Gasteiger charge is 2.17. The zero-order chi connectivity index (χ0) is 15.0. The zero-order valence-corrected chi connectivity index (χ0v) is 10.8. The molecule has 1 heterocycles. The van der Waals surface area contributed by atoms with E-state index in [9.17, 15) is 18.0 Å². The van der Waals surface area contributed by atoms with E-state index < -0.39 is 23.2 Å². The van der Waals surface area contributed by atoms with E-state index in [0.717, 1.165) is 12.1 Å².